The number of carbonyl (C=O) groups excluding carboxylic acids is 1. The van der Waals surface area contributed by atoms with Gasteiger partial charge in [-0.2, -0.15) is 0 Å². The van der Waals surface area contributed by atoms with Gasteiger partial charge in [-0.05, 0) is 66.7 Å². The number of ether oxygens (including phenoxy) is 2. The standard InChI is InChI=1S/C22H15FO4/c1-26-18-9-11-19(12-10-18)27-22(25)20-13-6-16(14-21(20)23)3-2-15-4-7-17(24)8-5-15/h4-14,24H,1H3. The van der Waals surface area contributed by atoms with Gasteiger partial charge in [-0.15, -0.1) is 0 Å². The molecule has 3 aromatic rings. The van der Waals surface area contributed by atoms with Crippen LogP contribution in [-0.2, 0) is 0 Å². The molecule has 0 saturated heterocycles. The van der Waals surface area contributed by atoms with Gasteiger partial charge in [0.25, 0.3) is 0 Å². The first-order valence-electron chi connectivity index (χ1n) is 8.02. The van der Waals surface area contributed by atoms with Crippen LogP contribution in [0, 0.1) is 17.7 Å². The molecule has 0 saturated carbocycles. The third-order valence-electron chi connectivity index (χ3n) is 3.68. The Hall–Kier alpha value is -3.78. The predicted octanol–water partition coefficient (Wildman–Crippen LogP) is 4.16. The van der Waals surface area contributed by atoms with E-state index in [2.05, 4.69) is 11.8 Å². The van der Waals surface area contributed by atoms with Gasteiger partial charge < -0.3 is 14.6 Å². The molecule has 0 atom stereocenters. The molecule has 0 amide bonds. The lowest BCUT2D eigenvalue weighted by Gasteiger charge is -2.06. The fourth-order valence-electron chi connectivity index (χ4n) is 2.25. The average Bonchev–Trinajstić information content (AvgIpc) is 2.68. The zero-order chi connectivity index (χ0) is 19.2. The van der Waals surface area contributed by atoms with Crippen LogP contribution in [0.25, 0.3) is 0 Å². The third-order valence-corrected chi connectivity index (χ3v) is 3.68. The summed E-state index contributed by atoms with van der Waals surface area (Å²) in [5.74, 6) is 5.21. The number of methoxy groups -OCH3 is 1. The second kappa shape index (κ2) is 8.07. The van der Waals surface area contributed by atoms with Gasteiger partial charge in [0, 0.05) is 11.1 Å². The van der Waals surface area contributed by atoms with Gasteiger partial charge in [-0.1, -0.05) is 11.8 Å². The first-order chi connectivity index (χ1) is 13.0. The van der Waals surface area contributed by atoms with E-state index in [0.29, 0.717) is 16.9 Å². The molecule has 0 fully saturated rings. The maximum Gasteiger partial charge on any atom is 0.346 e. The lowest BCUT2D eigenvalue weighted by Crippen LogP contribution is -2.10. The number of phenolic OH excluding ortho intramolecular Hbond substituents is 1. The van der Waals surface area contributed by atoms with E-state index < -0.39 is 11.8 Å². The summed E-state index contributed by atoms with van der Waals surface area (Å²) < 4.78 is 24.5. The minimum atomic E-state index is -0.796. The van der Waals surface area contributed by atoms with Crippen LogP contribution >= 0.6 is 0 Å². The van der Waals surface area contributed by atoms with Crippen LogP contribution in [0.4, 0.5) is 4.39 Å². The van der Waals surface area contributed by atoms with Crippen LogP contribution in [0.1, 0.15) is 21.5 Å². The molecule has 3 aromatic carbocycles. The van der Waals surface area contributed by atoms with Crippen LogP contribution in [0.3, 0.4) is 0 Å². The maximum absolute atomic E-state index is 14.3. The number of halogens is 1. The minimum absolute atomic E-state index is 0.145. The Labute approximate surface area is 155 Å². The first kappa shape index (κ1) is 18.0. The number of aromatic hydroxyl groups is 1. The Morgan fingerprint density at radius 3 is 2.11 bits per heavy atom. The van der Waals surface area contributed by atoms with E-state index in [1.165, 1.54) is 31.4 Å². The third kappa shape index (κ3) is 4.65. The summed E-state index contributed by atoms with van der Waals surface area (Å²) in [6.07, 6.45) is 0. The Morgan fingerprint density at radius 2 is 1.48 bits per heavy atom. The van der Waals surface area contributed by atoms with Crippen LogP contribution in [0.15, 0.2) is 66.7 Å². The quantitative estimate of drug-likeness (QED) is 0.432. The number of benzene rings is 3. The van der Waals surface area contributed by atoms with Gasteiger partial charge in [-0.25, -0.2) is 9.18 Å². The molecule has 1 N–H and O–H groups in total. The summed E-state index contributed by atoms with van der Waals surface area (Å²) in [5, 5.41) is 9.24. The predicted molar refractivity (Wildman–Crippen MR) is 98.4 cm³/mol. The molecule has 0 aliphatic heterocycles. The van der Waals surface area contributed by atoms with Crippen LogP contribution < -0.4 is 9.47 Å². The highest BCUT2D eigenvalue weighted by Crippen LogP contribution is 2.19. The Kier molecular flexibility index (Phi) is 5.38. The zero-order valence-electron chi connectivity index (χ0n) is 14.4. The molecule has 0 unspecified atom stereocenters. The number of hydrogen-bond donors (Lipinski definition) is 1. The number of phenols is 1. The van der Waals surface area contributed by atoms with Gasteiger partial charge in [0.05, 0.1) is 12.7 Å². The lowest BCUT2D eigenvalue weighted by molar-refractivity contribution is 0.0730. The van der Waals surface area contributed by atoms with Gasteiger partial charge in [0.1, 0.15) is 23.1 Å². The van der Waals surface area contributed by atoms with Crippen molar-refractivity contribution in [3.05, 3.63) is 89.2 Å². The monoisotopic (exact) mass is 362 g/mol. The van der Waals surface area contributed by atoms with Crippen molar-refractivity contribution >= 4 is 5.97 Å². The van der Waals surface area contributed by atoms with E-state index in [0.717, 1.165) is 0 Å². The second-order valence-corrected chi connectivity index (χ2v) is 5.56. The first-order valence-corrected chi connectivity index (χ1v) is 8.02. The van der Waals surface area contributed by atoms with Crippen molar-refractivity contribution < 1.29 is 23.8 Å². The highest BCUT2D eigenvalue weighted by Gasteiger charge is 2.14. The van der Waals surface area contributed by atoms with E-state index in [4.69, 9.17) is 9.47 Å². The Balaban J connectivity index is 1.74. The fraction of sp³-hybridized carbons (Fsp3) is 0.0455. The molecule has 3 rings (SSSR count). The van der Waals surface area contributed by atoms with Crippen LogP contribution in [0.5, 0.6) is 17.2 Å². The number of hydrogen-bond acceptors (Lipinski definition) is 4. The topological polar surface area (TPSA) is 55.8 Å². The van der Waals surface area contributed by atoms with Crippen molar-refractivity contribution in [1.82, 2.24) is 0 Å². The highest BCUT2D eigenvalue weighted by molar-refractivity contribution is 5.91. The molecular weight excluding hydrogens is 347 g/mol. The van der Waals surface area contributed by atoms with Crippen molar-refractivity contribution in [2.24, 2.45) is 0 Å². The van der Waals surface area contributed by atoms with E-state index >= 15 is 0 Å². The van der Waals surface area contributed by atoms with Crippen molar-refractivity contribution in [2.75, 3.05) is 7.11 Å². The second-order valence-electron chi connectivity index (χ2n) is 5.56. The van der Waals surface area contributed by atoms with Crippen LogP contribution in [-0.4, -0.2) is 18.2 Å². The van der Waals surface area contributed by atoms with Crippen molar-refractivity contribution in [3.63, 3.8) is 0 Å². The molecule has 134 valence electrons. The largest absolute Gasteiger partial charge is 0.508 e. The highest BCUT2D eigenvalue weighted by atomic mass is 19.1. The average molecular weight is 362 g/mol. The molecule has 0 aliphatic rings. The molecule has 0 bridgehead atoms. The van der Waals surface area contributed by atoms with Gasteiger partial charge in [0.15, 0.2) is 0 Å². The maximum atomic E-state index is 14.3. The molecule has 0 heterocycles. The normalized spacial score (nSPS) is 9.85. The van der Waals surface area contributed by atoms with E-state index in [1.54, 1.807) is 42.5 Å². The van der Waals surface area contributed by atoms with E-state index in [-0.39, 0.29) is 17.1 Å². The summed E-state index contributed by atoms with van der Waals surface area (Å²) >= 11 is 0. The number of carbonyl (C=O) groups is 1. The minimum Gasteiger partial charge on any atom is -0.508 e. The van der Waals surface area contributed by atoms with Gasteiger partial charge in [0.2, 0.25) is 0 Å². The summed E-state index contributed by atoms with van der Waals surface area (Å²) in [5.41, 5.74) is 0.916. The van der Waals surface area contributed by atoms with Crippen molar-refractivity contribution in [1.29, 1.82) is 0 Å². The number of rotatable bonds is 3. The van der Waals surface area contributed by atoms with Crippen LogP contribution in [0.2, 0.25) is 0 Å². The summed E-state index contributed by atoms with van der Waals surface area (Å²) in [7, 11) is 1.53. The van der Waals surface area contributed by atoms with E-state index in [9.17, 15) is 14.3 Å². The van der Waals surface area contributed by atoms with E-state index in [1.807, 2.05) is 0 Å². The van der Waals surface area contributed by atoms with Gasteiger partial charge in [-0.3, -0.25) is 0 Å². The molecule has 0 spiro atoms. The summed E-state index contributed by atoms with van der Waals surface area (Å²) in [6, 6.07) is 16.8. The lowest BCUT2D eigenvalue weighted by atomic mass is 10.1. The summed E-state index contributed by atoms with van der Waals surface area (Å²) in [4.78, 5) is 12.2. The van der Waals surface area contributed by atoms with Gasteiger partial charge >= 0.3 is 5.97 Å². The molecule has 4 nitrogen and oxygen atoms in total. The molecule has 0 radical (unpaired) electrons. The summed E-state index contributed by atoms with van der Waals surface area (Å²) in [6.45, 7) is 0. The molecule has 27 heavy (non-hydrogen) atoms. The molecule has 0 aliphatic carbocycles. The SMILES string of the molecule is COc1ccc(OC(=O)c2ccc(C#Cc3ccc(O)cc3)cc2F)cc1. The number of esters is 1. The Bertz CT molecular complexity index is 1010. The molecular formula is C22H15FO4. The Morgan fingerprint density at radius 1 is 0.889 bits per heavy atom. The smallest absolute Gasteiger partial charge is 0.346 e. The zero-order valence-corrected chi connectivity index (χ0v) is 14.4. The molecule has 0 aromatic heterocycles. The fourth-order valence-corrected chi connectivity index (χ4v) is 2.25. The van der Waals surface area contributed by atoms with Crippen molar-refractivity contribution in [2.45, 2.75) is 0 Å². The molecule has 5 heteroatoms. The van der Waals surface area contributed by atoms with Crippen molar-refractivity contribution in [3.8, 4) is 29.1 Å².